The highest BCUT2D eigenvalue weighted by Gasteiger charge is 2.10. The Hall–Kier alpha value is -2.93. The molecule has 3 aromatic rings. The maximum absolute atomic E-state index is 12.2. The minimum atomic E-state index is -0.318. The molecule has 27 heavy (non-hydrogen) atoms. The van der Waals surface area contributed by atoms with Gasteiger partial charge in [0.2, 0.25) is 5.91 Å². The topological polar surface area (TPSA) is 80.3 Å². The first-order valence-electron chi connectivity index (χ1n) is 8.82. The highest BCUT2D eigenvalue weighted by Crippen LogP contribution is 2.25. The molecule has 140 valence electrons. The summed E-state index contributed by atoms with van der Waals surface area (Å²) in [6.45, 7) is 2.64. The van der Waals surface area contributed by atoms with Gasteiger partial charge in [-0.25, -0.2) is 4.98 Å². The summed E-state index contributed by atoms with van der Waals surface area (Å²) in [6, 6.07) is 14.5. The number of thiazole rings is 1. The molecule has 6 nitrogen and oxygen atoms in total. The van der Waals surface area contributed by atoms with E-state index >= 15 is 0 Å². The number of aromatic nitrogens is 1. The zero-order valence-corrected chi connectivity index (χ0v) is 15.8. The van der Waals surface area contributed by atoms with Crippen LogP contribution >= 0.6 is 11.3 Å². The number of fused-ring (bicyclic) bond motifs is 1. The lowest BCUT2D eigenvalue weighted by Gasteiger charge is -2.07. The quantitative estimate of drug-likeness (QED) is 0.579. The van der Waals surface area contributed by atoms with Crippen LogP contribution in [-0.2, 0) is 4.79 Å². The molecule has 2 aromatic carbocycles. The second-order valence-corrected chi connectivity index (χ2v) is 6.97. The molecule has 3 rings (SSSR count). The summed E-state index contributed by atoms with van der Waals surface area (Å²) in [5.74, 6) is 0.102. The Morgan fingerprint density at radius 2 is 1.89 bits per heavy atom. The molecular weight excluding hydrogens is 362 g/mol. The van der Waals surface area contributed by atoms with E-state index in [-0.39, 0.29) is 18.4 Å². The van der Waals surface area contributed by atoms with Crippen LogP contribution < -0.4 is 15.4 Å². The second-order valence-electron chi connectivity index (χ2n) is 5.94. The van der Waals surface area contributed by atoms with Gasteiger partial charge in [0.1, 0.15) is 5.75 Å². The lowest BCUT2D eigenvalue weighted by molar-refractivity contribution is -0.115. The van der Waals surface area contributed by atoms with Crippen LogP contribution in [-0.4, -0.2) is 29.9 Å². The average Bonchev–Trinajstić information content (AvgIpc) is 3.09. The predicted molar refractivity (Wildman–Crippen MR) is 107 cm³/mol. The number of ether oxygens (including phenoxy) is 1. The fourth-order valence-electron chi connectivity index (χ4n) is 2.39. The summed E-state index contributed by atoms with van der Waals surface area (Å²) in [5, 5.41) is 5.84. The van der Waals surface area contributed by atoms with E-state index in [0.717, 1.165) is 28.8 Å². The molecule has 0 unspecified atom stereocenters. The molecule has 0 saturated heterocycles. The molecule has 7 heteroatoms. The van der Waals surface area contributed by atoms with E-state index in [1.54, 1.807) is 24.3 Å². The Labute approximate surface area is 161 Å². The minimum Gasteiger partial charge on any atom is -0.494 e. The number of unbranched alkanes of at least 4 members (excludes halogenated alkanes) is 1. The molecule has 0 spiro atoms. The van der Waals surface area contributed by atoms with Gasteiger partial charge in [0, 0.05) is 5.56 Å². The zero-order valence-electron chi connectivity index (χ0n) is 15.0. The first-order valence-corrected chi connectivity index (χ1v) is 9.64. The lowest BCUT2D eigenvalue weighted by Crippen LogP contribution is -2.32. The van der Waals surface area contributed by atoms with E-state index in [2.05, 4.69) is 22.5 Å². The highest BCUT2D eigenvalue weighted by atomic mass is 32.1. The van der Waals surface area contributed by atoms with Crippen molar-refractivity contribution in [3.8, 4) is 5.75 Å². The van der Waals surface area contributed by atoms with Gasteiger partial charge in [0.15, 0.2) is 5.13 Å². The third-order valence-corrected chi connectivity index (χ3v) is 4.78. The van der Waals surface area contributed by atoms with Crippen molar-refractivity contribution in [1.29, 1.82) is 0 Å². The number of hydrogen-bond acceptors (Lipinski definition) is 5. The first kappa shape index (κ1) is 18.8. The Morgan fingerprint density at radius 1 is 1.11 bits per heavy atom. The van der Waals surface area contributed by atoms with Crippen LogP contribution in [0.1, 0.15) is 30.1 Å². The van der Waals surface area contributed by atoms with Gasteiger partial charge < -0.3 is 15.4 Å². The number of hydrogen-bond donors (Lipinski definition) is 2. The zero-order chi connectivity index (χ0) is 19.1. The van der Waals surface area contributed by atoms with Gasteiger partial charge in [-0.3, -0.25) is 9.59 Å². The molecule has 0 saturated carbocycles. The van der Waals surface area contributed by atoms with Gasteiger partial charge in [0.05, 0.1) is 23.4 Å². The summed E-state index contributed by atoms with van der Waals surface area (Å²) in [4.78, 5) is 28.6. The number of rotatable bonds is 8. The molecule has 0 atom stereocenters. The molecule has 2 amide bonds. The average molecular weight is 383 g/mol. The Balaban J connectivity index is 1.48. The normalized spacial score (nSPS) is 10.6. The van der Waals surface area contributed by atoms with Crippen molar-refractivity contribution in [3.05, 3.63) is 54.1 Å². The molecule has 2 N–H and O–H groups in total. The van der Waals surface area contributed by atoms with Crippen LogP contribution in [0.4, 0.5) is 5.13 Å². The number of nitrogens with zero attached hydrogens (tertiary/aromatic N) is 1. The van der Waals surface area contributed by atoms with E-state index in [1.165, 1.54) is 11.3 Å². The summed E-state index contributed by atoms with van der Waals surface area (Å²) in [5.41, 5.74) is 1.31. The molecule has 1 heterocycles. The number of carbonyl (C=O) groups excluding carboxylic acids is 2. The SMILES string of the molecule is CCCCOc1ccc(C(=O)NCC(=O)Nc2nc3ccccc3s2)cc1. The number of carbonyl (C=O) groups is 2. The van der Waals surface area contributed by atoms with Gasteiger partial charge in [-0.15, -0.1) is 0 Å². The summed E-state index contributed by atoms with van der Waals surface area (Å²) in [6.07, 6.45) is 2.06. The van der Waals surface area contributed by atoms with Crippen molar-refractivity contribution in [2.75, 3.05) is 18.5 Å². The second kappa shape index (κ2) is 9.14. The molecule has 0 fully saturated rings. The number of para-hydroxylation sites is 1. The number of anilines is 1. The van der Waals surface area contributed by atoms with Crippen LogP contribution in [0.25, 0.3) is 10.2 Å². The maximum Gasteiger partial charge on any atom is 0.251 e. The molecular formula is C20H21N3O3S. The Kier molecular flexibility index (Phi) is 6.38. The molecule has 0 aliphatic rings. The summed E-state index contributed by atoms with van der Waals surface area (Å²) >= 11 is 1.40. The van der Waals surface area contributed by atoms with Crippen LogP contribution in [0.3, 0.4) is 0 Å². The fraction of sp³-hybridized carbons (Fsp3) is 0.250. The van der Waals surface area contributed by atoms with E-state index in [1.807, 2.05) is 24.3 Å². The van der Waals surface area contributed by atoms with Crippen molar-refractivity contribution >= 4 is 38.5 Å². The molecule has 0 radical (unpaired) electrons. The van der Waals surface area contributed by atoms with Crippen LogP contribution in [0, 0.1) is 0 Å². The molecule has 0 aliphatic carbocycles. The molecule has 1 aromatic heterocycles. The monoisotopic (exact) mass is 383 g/mol. The smallest absolute Gasteiger partial charge is 0.251 e. The largest absolute Gasteiger partial charge is 0.494 e. The van der Waals surface area contributed by atoms with E-state index in [0.29, 0.717) is 17.3 Å². The standard InChI is InChI=1S/C20H21N3O3S/c1-2-3-12-26-15-10-8-14(9-11-15)19(25)21-13-18(24)23-20-22-16-6-4-5-7-17(16)27-20/h4-11H,2-3,12-13H2,1H3,(H,21,25)(H,22,23,24). The van der Waals surface area contributed by atoms with Crippen LogP contribution in [0.2, 0.25) is 0 Å². The van der Waals surface area contributed by atoms with E-state index < -0.39 is 0 Å². The van der Waals surface area contributed by atoms with Crippen LogP contribution in [0.5, 0.6) is 5.75 Å². The molecule has 0 aliphatic heterocycles. The van der Waals surface area contributed by atoms with Gasteiger partial charge in [-0.1, -0.05) is 36.8 Å². The van der Waals surface area contributed by atoms with Crippen molar-refractivity contribution in [1.82, 2.24) is 10.3 Å². The van der Waals surface area contributed by atoms with Gasteiger partial charge in [0.25, 0.3) is 5.91 Å². The van der Waals surface area contributed by atoms with Crippen LogP contribution in [0.15, 0.2) is 48.5 Å². The lowest BCUT2D eigenvalue weighted by atomic mass is 10.2. The highest BCUT2D eigenvalue weighted by molar-refractivity contribution is 7.22. The van der Waals surface area contributed by atoms with Gasteiger partial charge >= 0.3 is 0 Å². The van der Waals surface area contributed by atoms with Gasteiger partial charge in [-0.05, 0) is 42.8 Å². The Morgan fingerprint density at radius 3 is 2.63 bits per heavy atom. The van der Waals surface area contributed by atoms with E-state index in [4.69, 9.17) is 4.74 Å². The van der Waals surface area contributed by atoms with Crippen molar-refractivity contribution < 1.29 is 14.3 Å². The Bertz CT molecular complexity index is 889. The minimum absolute atomic E-state index is 0.122. The van der Waals surface area contributed by atoms with E-state index in [9.17, 15) is 9.59 Å². The molecule has 0 bridgehead atoms. The summed E-state index contributed by atoms with van der Waals surface area (Å²) < 4.78 is 6.57. The maximum atomic E-state index is 12.2. The number of nitrogens with one attached hydrogen (secondary N) is 2. The van der Waals surface area contributed by atoms with Gasteiger partial charge in [-0.2, -0.15) is 0 Å². The fourth-order valence-corrected chi connectivity index (χ4v) is 3.27. The predicted octanol–water partition coefficient (Wildman–Crippen LogP) is 3.84. The van der Waals surface area contributed by atoms with Crippen molar-refractivity contribution in [2.24, 2.45) is 0 Å². The number of amides is 2. The third-order valence-electron chi connectivity index (χ3n) is 3.83. The summed E-state index contributed by atoms with van der Waals surface area (Å²) in [7, 11) is 0. The third kappa shape index (κ3) is 5.27. The van der Waals surface area contributed by atoms with Crippen molar-refractivity contribution in [2.45, 2.75) is 19.8 Å². The number of benzene rings is 2. The van der Waals surface area contributed by atoms with Crippen molar-refractivity contribution in [3.63, 3.8) is 0 Å². The first-order chi connectivity index (χ1) is 13.2.